The summed E-state index contributed by atoms with van der Waals surface area (Å²) in [6.45, 7) is 6.27. The van der Waals surface area contributed by atoms with Gasteiger partial charge in [-0.25, -0.2) is 4.98 Å². The van der Waals surface area contributed by atoms with Gasteiger partial charge in [-0.05, 0) is 24.1 Å². The maximum absolute atomic E-state index is 5.56. The first-order chi connectivity index (χ1) is 11.3. The van der Waals surface area contributed by atoms with Crippen molar-refractivity contribution in [2.45, 2.75) is 13.3 Å². The van der Waals surface area contributed by atoms with E-state index in [4.69, 9.17) is 4.74 Å². The lowest BCUT2D eigenvalue weighted by molar-refractivity contribution is 0.363. The van der Waals surface area contributed by atoms with E-state index in [2.05, 4.69) is 40.8 Å². The highest BCUT2D eigenvalue weighted by Crippen LogP contribution is 2.25. The number of aryl methyl sites for hydroxylation is 1. The normalized spacial score (nSPS) is 10.5. The molecule has 4 nitrogen and oxygen atoms in total. The summed E-state index contributed by atoms with van der Waals surface area (Å²) in [6.07, 6.45) is 2.68. The molecule has 0 unspecified atom stereocenters. The van der Waals surface area contributed by atoms with Gasteiger partial charge in [0.25, 0.3) is 0 Å². The summed E-state index contributed by atoms with van der Waals surface area (Å²) >= 11 is 0. The summed E-state index contributed by atoms with van der Waals surface area (Å²) in [5.41, 5.74) is 3.26. The van der Waals surface area contributed by atoms with Crippen LogP contribution in [0.15, 0.2) is 61.2 Å². The molecule has 0 aliphatic carbocycles. The fraction of sp³-hybridized carbons (Fsp3) is 0.158. The Morgan fingerprint density at radius 1 is 1.17 bits per heavy atom. The van der Waals surface area contributed by atoms with E-state index in [1.54, 1.807) is 6.08 Å². The highest BCUT2D eigenvalue weighted by molar-refractivity contribution is 5.64. The minimum atomic E-state index is 0.479. The second kappa shape index (κ2) is 6.92. The van der Waals surface area contributed by atoms with Crippen LogP contribution in [0.2, 0.25) is 0 Å². The monoisotopic (exact) mass is 305 g/mol. The molecule has 0 saturated heterocycles. The molecule has 0 spiro atoms. The first-order valence-corrected chi connectivity index (χ1v) is 7.66. The molecule has 1 N–H and O–H groups in total. The van der Waals surface area contributed by atoms with Crippen LogP contribution in [0.5, 0.6) is 5.75 Å². The van der Waals surface area contributed by atoms with Gasteiger partial charge >= 0.3 is 0 Å². The molecule has 116 valence electrons. The highest BCUT2D eigenvalue weighted by Gasteiger charge is 2.10. The lowest BCUT2D eigenvalue weighted by atomic mass is 10.1. The Hall–Kier alpha value is -2.88. The smallest absolute Gasteiger partial charge is 0.181 e. The van der Waals surface area contributed by atoms with Crippen LogP contribution >= 0.6 is 0 Å². The predicted molar refractivity (Wildman–Crippen MR) is 92.3 cm³/mol. The van der Waals surface area contributed by atoms with Gasteiger partial charge in [0.05, 0.1) is 0 Å². The molecule has 0 fully saturated rings. The quantitative estimate of drug-likeness (QED) is 0.692. The molecule has 0 aliphatic heterocycles. The van der Waals surface area contributed by atoms with Crippen LogP contribution < -0.4 is 4.74 Å². The zero-order chi connectivity index (χ0) is 16.1. The summed E-state index contributed by atoms with van der Waals surface area (Å²) in [5.74, 6) is 2.23. The minimum Gasteiger partial charge on any atom is -0.490 e. The van der Waals surface area contributed by atoms with E-state index in [-0.39, 0.29) is 0 Å². The summed E-state index contributed by atoms with van der Waals surface area (Å²) in [7, 11) is 0. The third-order valence-corrected chi connectivity index (χ3v) is 3.60. The van der Waals surface area contributed by atoms with Crippen molar-refractivity contribution in [2.75, 3.05) is 6.61 Å². The van der Waals surface area contributed by atoms with Gasteiger partial charge in [0, 0.05) is 11.1 Å². The van der Waals surface area contributed by atoms with Gasteiger partial charge in [-0.1, -0.05) is 56.0 Å². The van der Waals surface area contributed by atoms with Crippen LogP contribution in [0.25, 0.3) is 22.8 Å². The third kappa shape index (κ3) is 3.31. The molecule has 0 radical (unpaired) electrons. The zero-order valence-corrected chi connectivity index (χ0v) is 13.1. The van der Waals surface area contributed by atoms with E-state index < -0.39 is 0 Å². The number of nitrogens with one attached hydrogen (secondary N) is 1. The standard InChI is InChI=1S/C19H19N3O/c1-3-12-23-16-10-7-9-15(13-16)18-20-19(22-21-18)17-11-6-5-8-14(17)4-2/h3,5-11,13H,1,4,12H2,2H3,(H,20,21,22). The molecule has 2 aromatic carbocycles. The second-order valence-corrected chi connectivity index (χ2v) is 5.15. The van der Waals surface area contributed by atoms with Crippen molar-refractivity contribution in [1.82, 2.24) is 15.2 Å². The van der Waals surface area contributed by atoms with Crippen LogP contribution in [0.4, 0.5) is 0 Å². The third-order valence-electron chi connectivity index (χ3n) is 3.60. The van der Waals surface area contributed by atoms with E-state index in [9.17, 15) is 0 Å². The number of aromatic amines is 1. The topological polar surface area (TPSA) is 50.8 Å². The van der Waals surface area contributed by atoms with Gasteiger partial charge in [0.15, 0.2) is 11.6 Å². The molecule has 0 saturated carbocycles. The largest absolute Gasteiger partial charge is 0.490 e. The molecule has 23 heavy (non-hydrogen) atoms. The molecule has 3 rings (SSSR count). The average Bonchev–Trinajstić information content (AvgIpc) is 3.10. The summed E-state index contributed by atoms with van der Waals surface area (Å²) < 4.78 is 5.56. The Bertz CT molecular complexity index is 808. The van der Waals surface area contributed by atoms with Gasteiger partial charge < -0.3 is 4.74 Å². The van der Waals surface area contributed by atoms with E-state index in [0.717, 1.165) is 29.1 Å². The molecule has 0 bridgehead atoms. The van der Waals surface area contributed by atoms with Crippen LogP contribution in [0.3, 0.4) is 0 Å². The number of ether oxygens (including phenoxy) is 1. The number of hydrogen-bond donors (Lipinski definition) is 1. The molecular weight excluding hydrogens is 286 g/mol. The van der Waals surface area contributed by atoms with E-state index >= 15 is 0 Å². The number of H-pyrrole nitrogens is 1. The van der Waals surface area contributed by atoms with Gasteiger partial charge in [-0.15, -0.1) is 0 Å². The van der Waals surface area contributed by atoms with Gasteiger partial charge in [-0.3, -0.25) is 5.10 Å². The Balaban J connectivity index is 1.91. The Morgan fingerprint density at radius 2 is 2.04 bits per heavy atom. The fourth-order valence-corrected chi connectivity index (χ4v) is 2.45. The fourth-order valence-electron chi connectivity index (χ4n) is 2.45. The SMILES string of the molecule is C=CCOc1cccc(-c2n[nH]c(-c3ccccc3CC)n2)c1. The van der Waals surface area contributed by atoms with Crippen LogP contribution in [0.1, 0.15) is 12.5 Å². The average molecular weight is 305 g/mol. The molecule has 3 aromatic rings. The summed E-state index contributed by atoms with van der Waals surface area (Å²) in [6, 6.07) is 16.0. The highest BCUT2D eigenvalue weighted by atomic mass is 16.5. The molecule has 1 aromatic heterocycles. The summed E-state index contributed by atoms with van der Waals surface area (Å²) in [5, 5.41) is 7.39. The van der Waals surface area contributed by atoms with Crippen LogP contribution in [-0.2, 0) is 6.42 Å². The van der Waals surface area contributed by atoms with E-state index in [1.165, 1.54) is 5.56 Å². The number of hydrogen-bond acceptors (Lipinski definition) is 3. The number of rotatable bonds is 6. The van der Waals surface area contributed by atoms with Crippen molar-refractivity contribution in [1.29, 1.82) is 0 Å². The predicted octanol–water partition coefficient (Wildman–Crippen LogP) is 4.27. The lowest BCUT2D eigenvalue weighted by Gasteiger charge is -2.04. The van der Waals surface area contributed by atoms with Gasteiger partial charge in [-0.2, -0.15) is 5.10 Å². The molecule has 0 amide bonds. The van der Waals surface area contributed by atoms with Crippen molar-refractivity contribution in [3.8, 4) is 28.5 Å². The maximum Gasteiger partial charge on any atom is 0.181 e. The van der Waals surface area contributed by atoms with E-state index in [0.29, 0.717) is 12.4 Å². The van der Waals surface area contributed by atoms with Crippen molar-refractivity contribution in [3.05, 3.63) is 66.7 Å². The maximum atomic E-state index is 5.56. The lowest BCUT2D eigenvalue weighted by Crippen LogP contribution is -1.93. The van der Waals surface area contributed by atoms with Crippen molar-refractivity contribution in [2.24, 2.45) is 0 Å². The van der Waals surface area contributed by atoms with Crippen molar-refractivity contribution >= 4 is 0 Å². The minimum absolute atomic E-state index is 0.479. The number of aromatic nitrogens is 3. The number of nitrogens with zero attached hydrogens (tertiary/aromatic N) is 2. The Kier molecular flexibility index (Phi) is 4.52. The molecule has 0 aliphatic rings. The Labute approximate surface area is 135 Å². The second-order valence-electron chi connectivity index (χ2n) is 5.15. The molecule has 4 heteroatoms. The van der Waals surface area contributed by atoms with Gasteiger partial charge in [0.1, 0.15) is 12.4 Å². The van der Waals surface area contributed by atoms with E-state index in [1.807, 2.05) is 36.4 Å². The van der Waals surface area contributed by atoms with Crippen LogP contribution in [0, 0.1) is 0 Å². The molecular formula is C19H19N3O. The number of benzene rings is 2. The molecule has 0 atom stereocenters. The van der Waals surface area contributed by atoms with Crippen LogP contribution in [-0.4, -0.2) is 21.8 Å². The van der Waals surface area contributed by atoms with Crippen molar-refractivity contribution < 1.29 is 4.74 Å². The van der Waals surface area contributed by atoms with Crippen molar-refractivity contribution in [3.63, 3.8) is 0 Å². The zero-order valence-electron chi connectivity index (χ0n) is 13.1. The van der Waals surface area contributed by atoms with Gasteiger partial charge in [0.2, 0.25) is 0 Å². The molecule has 1 heterocycles. The Morgan fingerprint density at radius 3 is 2.87 bits per heavy atom. The first kappa shape index (κ1) is 15.0. The first-order valence-electron chi connectivity index (χ1n) is 7.66. The summed E-state index contributed by atoms with van der Waals surface area (Å²) in [4.78, 5) is 4.64.